The van der Waals surface area contributed by atoms with Gasteiger partial charge in [0.15, 0.2) is 0 Å². The maximum absolute atomic E-state index is 11.9. The topological polar surface area (TPSA) is 43.4 Å². The predicted octanol–water partition coefficient (Wildman–Crippen LogP) is -1.75. The molecule has 3 nitrogen and oxygen atoms in total. The minimum absolute atomic E-state index is 0. The van der Waals surface area contributed by atoms with E-state index in [4.69, 9.17) is 0 Å². The standard InChI is InChI=1S/C11H18NO2P.K/c1-3-12(4-2)10-15(13,14)11-8-6-5-7-9-11;/h5-9H,3-4,10H2,1-2H3,(H,13,14);/q;+1/p-1. The smallest absolute Gasteiger partial charge is 0.795 e. The summed E-state index contributed by atoms with van der Waals surface area (Å²) in [5, 5.41) is 0.428. The summed E-state index contributed by atoms with van der Waals surface area (Å²) in [7, 11) is -3.46. The van der Waals surface area contributed by atoms with Gasteiger partial charge in [-0.25, -0.2) is 0 Å². The Morgan fingerprint density at radius 3 is 2.12 bits per heavy atom. The summed E-state index contributed by atoms with van der Waals surface area (Å²) in [6.07, 6.45) is 0.129. The first-order valence-electron chi connectivity index (χ1n) is 5.18. The Morgan fingerprint density at radius 2 is 1.69 bits per heavy atom. The van der Waals surface area contributed by atoms with Crippen LogP contribution in [0.25, 0.3) is 0 Å². The van der Waals surface area contributed by atoms with Crippen molar-refractivity contribution in [2.24, 2.45) is 0 Å². The second-order valence-electron chi connectivity index (χ2n) is 3.45. The van der Waals surface area contributed by atoms with Crippen LogP contribution in [0.2, 0.25) is 0 Å². The molecule has 1 unspecified atom stereocenters. The largest absolute Gasteiger partial charge is 1.00 e. The Bertz CT molecular complexity index is 341. The van der Waals surface area contributed by atoms with Crippen LogP contribution in [0.1, 0.15) is 13.8 Å². The Labute approximate surface area is 140 Å². The fourth-order valence-electron chi connectivity index (χ4n) is 1.42. The van der Waals surface area contributed by atoms with Crippen LogP contribution in [0.15, 0.2) is 30.3 Å². The van der Waals surface area contributed by atoms with E-state index in [1.54, 1.807) is 24.3 Å². The zero-order valence-electron chi connectivity index (χ0n) is 10.2. The van der Waals surface area contributed by atoms with Crippen LogP contribution >= 0.6 is 7.37 Å². The first-order chi connectivity index (χ1) is 7.10. The van der Waals surface area contributed by atoms with Gasteiger partial charge in [-0.2, -0.15) is 0 Å². The quantitative estimate of drug-likeness (QED) is 0.469. The fourth-order valence-corrected chi connectivity index (χ4v) is 3.14. The van der Waals surface area contributed by atoms with Crippen LogP contribution in [0.4, 0.5) is 0 Å². The molecule has 0 aliphatic heterocycles. The van der Waals surface area contributed by atoms with Crippen LogP contribution in [-0.4, -0.2) is 24.3 Å². The average Bonchev–Trinajstić information content (AvgIpc) is 2.27. The van der Waals surface area contributed by atoms with Gasteiger partial charge in [0.25, 0.3) is 0 Å². The zero-order chi connectivity index (χ0) is 11.3. The number of hydrogen-bond acceptors (Lipinski definition) is 3. The van der Waals surface area contributed by atoms with Gasteiger partial charge in [0, 0.05) is 6.29 Å². The first kappa shape index (κ1) is 17.0. The van der Waals surface area contributed by atoms with Crippen molar-refractivity contribution < 1.29 is 60.8 Å². The summed E-state index contributed by atoms with van der Waals surface area (Å²) < 4.78 is 11.9. The van der Waals surface area contributed by atoms with Crippen molar-refractivity contribution in [3.63, 3.8) is 0 Å². The Hall–Kier alpha value is 1.01. The van der Waals surface area contributed by atoms with Crippen LogP contribution in [0.5, 0.6) is 0 Å². The molecule has 0 radical (unpaired) electrons. The monoisotopic (exact) mass is 265 g/mol. The summed E-state index contributed by atoms with van der Waals surface area (Å²) in [5.74, 6) is 0. The van der Waals surface area contributed by atoms with E-state index in [-0.39, 0.29) is 57.7 Å². The van der Waals surface area contributed by atoms with Crippen molar-refractivity contribution in [2.45, 2.75) is 13.8 Å². The van der Waals surface area contributed by atoms with E-state index in [9.17, 15) is 9.46 Å². The molecule has 0 N–H and O–H groups in total. The van der Waals surface area contributed by atoms with Crippen LogP contribution in [0.3, 0.4) is 0 Å². The SMILES string of the molecule is CCN(CC)CP(=O)([O-])c1ccccc1.[K+]. The van der Waals surface area contributed by atoms with Crippen molar-refractivity contribution in [3.8, 4) is 0 Å². The van der Waals surface area contributed by atoms with Crippen molar-refractivity contribution in [1.29, 1.82) is 0 Å². The van der Waals surface area contributed by atoms with E-state index in [0.29, 0.717) is 5.30 Å². The number of benzene rings is 1. The molecule has 0 saturated heterocycles. The second-order valence-corrected chi connectivity index (χ2v) is 5.60. The number of rotatable bonds is 5. The predicted molar refractivity (Wildman–Crippen MR) is 61.5 cm³/mol. The molecular weight excluding hydrogens is 248 g/mol. The van der Waals surface area contributed by atoms with Crippen molar-refractivity contribution in [2.75, 3.05) is 19.4 Å². The summed E-state index contributed by atoms with van der Waals surface area (Å²) in [6, 6.07) is 8.62. The van der Waals surface area contributed by atoms with Gasteiger partial charge in [0.2, 0.25) is 0 Å². The molecule has 0 bridgehead atoms. The van der Waals surface area contributed by atoms with Gasteiger partial charge in [0.1, 0.15) is 0 Å². The van der Waals surface area contributed by atoms with Gasteiger partial charge < -0.3 is 9.46 Å². The van der Waals surface area contributed by atoms with E-state index < -0.39 is 7.37 Å². The molecule has 0 heterocycles. The summed E-state index contributed by atoms with van der Waals surface area (Å²) in [5.41, 5.74) is 0. The van der Waals surface area contributed by atoms with E-state index in [1.165, 1.54) is 0 Å². The fraction of sp³-hybridized carbons (Fsp3) is 0.455. The molecule has 0 saturated carbocycles. The second kappa shape index (κ2) is 8.17. The first-order valence-corrected chi connectivity index (χ1v) is 6.99. The summed E-state index contributed by atoms with van der Waals surface area (Å²) >= 11 is 0. The zero-order valence-corrected chi connectivity index (χ0v) is 14.2. The maximum atomic E-state index is 11.9. The van der Waals surface area contributed by atoms with Gasteiger partial charge in [-0.15, -0.1) is 0 Å². The summed E-state index contributed by atoms with van der Waals surface area (Å²) in [6.45, 7) is 5.45. The Morgan fingerprint density at radius 1 is 1.19 bits per heavy atom. The molecule has 0 aliphatic rings. The third-order valence-corrected chi connectivity index (χ3v) is 4.29. The summed E-state index contributed by atoms with van der Waals surface area (Å²) in [4.78, 5) is 13.9. The molecule has 84 valence electrons. The van der Waals surface area contributed by atoms with Gasteiger partial charge in [-0.1, -0.05) is 44.2 Å². The van der Waals surface area contributed by atoms with Crippen LogP contribution in [0, 0.1) is 0 Å². The third kappa shape index (κ3) is 5.11. The number of nitrogens with zero attached hydrogens (tertiary/aromatic N) is 1. The van der Waals surface area contributed by atoms with Gasteiger partial charge >= 0.3 is 51.4 Å². The molecule has 1 aromatic rings. The van der Waals surface area contributed by atoms with Crippen molar-refractivity contribution >= 4 is 12.7 Å². The molecule has 0 fully saturated rings. The molecule has 0 spiro atoms. The molecule has 0 aliphatic carbocycles. The molecule has 1 aromatic carbocycles. The average molecular weight is 265 g/mol. The number of hydrogen-bond donors (Lipinski definition) is 0. The van der Waals surface area contributed by atoms with E-state index in [2.05, 4.69) is 0 Å². The van der Waals surface area contributed by atoms with E-state index >= 15 is 0 Å². The van der Waals surface area contributed by atoms with Crippen LogP contribution < -0.4 is 61.6 Å². The van der Waals surface area contributed by atoms with Crippen molar-refractivity contribution in [3.05, 3.63) is 30.3 Å². The van der Waals surface area contributed by atoms with Gasteiger partial charge in [0.05, 0.1) is 7.37 Å². The van der Waals surface area contributed by atoms with E-state index in [0.717, 1.165) is 13.1 Å². The van der Waals surface area contributed by atoms with Crippen LogP contribution in [-0.2, 0) is 4.57 Å². The molecular formula is C11H17KNO2P. The molecule has 1 atom stereocenters. The minimum atomic E-state index is -3.46. The minimum Gasteiger partial charge on any atom is -0.795 e. The molecule has 16 heavy (non-hydrogen) atoms. The molecule has 0 aromatic heterocycles. The molecule has 0 amide bonds. The normalized spacial score (nSPS) is 14.2. The van der Waals surface area contributed by atoms with Gasteiger partial charge in [-0.3, -0.25) is 4.90 Å². The Kier molecular flexibility index (Phi) is 8.68. The van der Waals surface area contributed by atoms with Crippen molar-refractivity contribution in [1.82, 2.24) is 4.90 Å². The molecule has 5 heteroatoms. The molecule has 1 rings (SSSR count). The third-order valence-electron chi connectivity index (χ3n) is 2.43. The van der Waals surface area contributed by atoms with E-state index in [1.807, 2.05) is 24.8 Å². The maximum Gasteiger partial charge on any atom is 1.00 e. The Balaban J connectivity index is 0.00000225. The van der Waals surface area contributed by atoms with Gasteiger partial charge in [-0.05, 0) is 18.4 Å².